The van der Waals surface area contributed by atoms with Crippen molar-refractivity contribution in [3.63, 3.8) is 0 Å². The Bertz CT molecular complexity index is 1800. The molecule has 0 rings (SSSR count). The van der Waals surface area contributed by atoms with E-state index >= 15 is 0 Å². The molecule has 0 aromatic rings. The minimum atomic E-state index is -4.64. The predicted molar refractivity (Wildman–Crippen MR) is 560 cm³/mol. The van der Waals surface area contributed by atoms with Gasteiger partial charge < -0.3 is 52.3 Å². The van der Waals surface area contributed by atoms with Crippen molar-refractivity contribution in [2.24, 2.45) is 0 Å². The summed E-state index contributed by atoms with van der Waals surface area (Å²) >= 11 is 26.3. The molecule has 0 aromatic carbocycles. The Kier molecular flexibility index (Phi) is 128. The summed E-state index contributed by atoms with van der Waals surface area (Å²) in [6.07, 6.45) is 105. The molecule has 0 saturated heterocycles. The standard InChI is InChI=1S/4C24H51O2PS2.Mo.H3O4P/c4*1-3-5-7-9-11-13-15-17-19-21-23-26-27(25,28)29-24-22-20-18-16-14-12-10-8-6-4-2;;1-5(2,3)4/h4*3-24H2,1-2H3,(H,25,28);;(H3,1,2,3,4)/q;;;;+4;/p-4. The molecule has 0 heterocycles. The van der Waals surface area contributed by atoms with E-state index in [2.05, 4.69) is 55.4 Å². The molecule has 0 spiro atoms. The largest absolute Gasteiger partial charge is 4.00 e. The van der Waals surface area contributed by atoms with Gasteiger partial charge in [-0.3, -0.25) is 0 Å². The Labute approximate surface area is 812 Å². The van der Waals surface area contributed by atoms with E-state index in [0.29, 0.717) is 26.4 Å². The van der Waals surface area contributed by atoms with E-state index in [4.69, 9.17) is 84.6 Å². The maximum atomic E-state index is 12.3. The minimum Gasteiger partial charge on any atom is -0.793 e. The fourth-order valence-electron chi connectivity index (χ4n) is 14.3. The predicted octanol–water partition coefficient (Wildman–Crippen LogP) is 35.7. The van der Waals surface area contributed by atoms with Crippen LogP contribution in [0.5, 0.6) is 0 Å². The van der Waals surface area contributed by atoms with E-state index in [1.807, 2.05) is 0 Å². The van der Waals surface area contributed by atoms with Gasteiger partial charge in [-0.25, -0.2) is 4.57 Å². The SMILES string of the molecule is CCCCCCCCCCCCOP([O-])(=S)SCCCCCCCCCCCC.CCCCCCCCCCCCOP([O-])(=S)SCCCCCCCCCCCC.CCCCCCCCCCCCOP([O-])(=S)SCCCCCCCCCCCC.CCCCCCCCCCCCOP([O-])(=S)SCCCCCCCCCCCC.O=P(O)(O)O.[Mo+4]. The zero-order valence-corrected chi connectivity index (χ0v) is 94.2. The van der Waals surface area contributed by atoms with Crippen LogP contribution in [0.25, 0.3) is 0 Å². The Morgan fingerprint density at radius 3 is 0.369 bits per heavy atom. The number of hydrogen-bond acceptors (Lipinski definition) is 17. The Morgan fingerprint density at radius 1 is 0.189 bits per heavy atom. The third-order valence-electron chi connectivity index (χ3n) is 22.0. The Hall–Kier alpha value is 4.48. The maximum Gasteiger partial charge on any atom is 4.00 e. The molecule has 0 aliphatic carbocycles. The summed E-state index contributed by atoms with van der Waals surface area (Å²) in [7, 11) is -4.64. The van der Waals surface area contributed by atoms with E-state index in [9.17, 15) is 19.6 Å². The number of phosphoric acid groups is 1. The van der Waals surface area contributed by atoms with Crippen molar-refractivity contribution >= 4 is 123 Å². The Morgan fingerprint density at radius 2 is 0.270 bits per heavy atom. The summed E-state index contributed by atoms with van der Waals surface area (Å²) in [4.78, 5) is 70.7. The monoisotopic (exact) mass is 2060 g/mol. The molecular weight excluding hydrogens is 1850 g/mol. The van der Waals surface area contributed by atoms with Crippen LogP contribution in [0.4, 0.5) is 0 Å². The van der Waals surface area contributed by atoms with Gasteiger partial charge in [0.2, 0.25) is 0 Å². The van der Waals surface area contributed by atoms with E-state index in [-0.39, 0.29) is 21.1 Å². The molecule has 3 N–H and O–H groups in total. The van der Waals surface area contributed by atoms with Crippen LogP contribution in [0.1, 0.15) is 569 Å². The van der Waals surface area contributed by atoms with Crippen molar-refractivity contribution in [3.8, 4) is 0 Å². The van der Waals surface area contributed by atoms with Crippen molar-refractivity contribution < 1.29 is 78.0 Å². The molecule has 738 valence electrons. The zero-order chi connectivity index (χ0) is 90.4. The van der Waals surface area contributed by atoms with Crippen LogP contribution in [-0.2, 0) is 91.0 Å². The van der Waals surface area contributed by atoms with Crippen molar-refractivity contribution in [1.29, 1.82) is 0 Å². The molecule has 0 saturated carbocycles. The summed E-state index contributed by atoms with van der Waals surface area (Å²) in [5, 5.41) is 0. The van der Waals surface area contributed by atoms with Gasteiger partial charge in [0, 0.05) is 22.8 Å². The number of rotatable bonds is 96. The van der Waals surface area contributed by atoms with Crippen LogP contribution in [0.3, 0.4) is 0 Å². The zero-order valence-electron chi connectivity index (χ0n) is 81.2. The van der Waals surface area contributed by atoms with Gasteiger partial charge in [-0.1, -0.05) is 565 Å². The van der Waals surface area contributed by atoms with Crippen LogP contribution in [0.15, 0.2) is 0 Å². The van der Waals surface area contributed by atoms with Gasteiger partial charge in [0.05, 0.1) is 26.4 Å². The molecule has 0 aliphatic rings. The molecule has 0 aromatic heterocycles. The smallest absolute Gasteiger partial charge is 0.793 e. The maximum absolute atomic E-state index is 12.3. The molecule has 12 nitrogen and oxygen atoms in total. The summed E-state index contributed by atoms with van der Waals surface area (Å²) in [6, 6.07) is 0. The summed E-state index contributed by atoms with van der Waals surface area (Å²) in [5.41, 5.74) is -11.4. The minimum absolute atomic E-state index is 0. The van der Waals surface area contributed by atoms with Gasteiger partial charge in [-0.05, 0) is 74.4 Å². The average Bonchev–Trinajstić information content (AvgIpc) is 0.957. The first-order valence-electron chi connectivity index (χ1n) is 51.7. The number of unbranched alkanes of at least 4 members (excludes halogenated alkanes) is 72. The first-order chi connectivity index (χ1) is 58.5. The molecule has 0 radical (unpaired) electrons. The molecular formula is C96H203MoO12P5S8. The molecule has 0 fully saturated rings. The van der Waals surface area contributed by atoms with Gasteiger partial charge >= 0.3 is 28.9 Å². The number of hydrogen-bond donors (Lipinski definition) is 3. The molecule has 0 bridgehead atoms. The van der Waals surface area contributed by atoms with Crippen molar-refractivity contribution in [1.82, 2.24) is 0 Å². The van der Waals surface area contributed by atoms with Crippen LogP contribution in [0.2, 0.25) is 0 Å². The normalized spacial score (nSPS) is 13.4. The third kappa shape index (κ3) is 140. The van der Waals surface area contributed by atoms with E-state index in [0.717, 1.165) is 74.4 Å². The molecule has 0 amide bonds. The molecule has 26 heteroatoms. The van der Waals surface area contributed by atoms with Gasteiger partial charge in [-0.15, -0.1) is 45.5 Å². The van der Waals surface area contributed by atoms with E-state index in [1.165, 1.54) is 508 Å². The van der Waals surface area contributed by atoms with Crippen molar-refractivity contribution in [3.05, 3.63) is 0 Å². The van der Waals surface area contributed by atoms with Gasteiger partial charge in [0.1, 0.15) is 0 Å². The van der Waals surface area contributed by atoms with Crippen LogP contribution in [0, 0.1) is 0 Å². The van der Waals surface area contributed by atoms with Crippen LogP contribution < -0.4 is 19.6 Å². The van der Waals surface area contributed by atoms with Crippen molar-refractivity contribution in [2.45, 2.75) is 569 Å². The second kappa shape index (κ2) is 114. The van der Waals surface area contributed by atoms with Gasteiger partial charge in [0.25, 0.3) is 0 Å². The summed E-state index contributed by atoms with van der Waals surface area (Å²) < 4.78 is 31.0. The second-order valence-electron chi connectivity index (χ2n) is 34.4. The third-order valence-corrected chi connectivity index (χ3v) is 39.4. The first kappa shape index (κ1) is 137. The second-order valence-corrected chi connectivity index (χ2v) is 60.1. The van der Waals surface area contributed by atoms with Gasteiger partial charge in [0.15, 0.2) is 0 Å². The first-order valence-corrected chi connectivity index (χ1v) is 70.2. The molecule has 4 unspecified atom stereocenters. The van der Waals surface area contributed by atoms with E-state index < -0.39 is 30.6 Å². The molecule has 4 atom stereocenters. The fourth-order valence-corrected chi connectivity index (χ4v) is 27.8. The van der Waals surface area contributed by atoms with Crippen molar-refractivity contribution in [2.75, 3.05) is 49.4 Å². The van der Waals surface area contributed by atoms with Crippen LogP contribution >= 0.6 is 76.1 Å². The summed E-state index contributed by atoms with van der Waals surface area (Å²) in [5.74, 6) is 3.54. The Balaban J connectivity index is -0.000000359. The quantitative estimate of drug-likeness (QED) is 0.0294. The fraction of sp³-hybridized carbons (Fsp3) is 1.00. The topological polar surface area (TPSA) is 207 Å². The average molecular weight is 2060 g/mol. The van der Waals surface area contributed by atoms with Gasteiger partial charge in [-0.2, -0.15) is 0 Å². The van der Waals surface area contributed by atoms with E-state index in [1.54, 1.807) is 0 Å². The van der Waals surface area contributed by atoms with Crippen LogP contribution in [-0.4, -0.2) is 64.1 Å². The molecule has 0 aliphatic heterocycles. The molecule has 122 heavy (non-hydrogen) atoms. The summed E-state index contributed by atoms with van der Waals surface area (Å²) in [6.45, 7) is 20.4.